The molecule has 1 atom stereocenters. The van der Waals surface area contributed by atoms with Gasteiger partial charge in [0.1, 0.15) is 11.6 Å². The number of ether oxygens (including phenoxy) is 2. The summed E-state index contributed by atoms with van der Waals surface area (Å²) in [6.45, 7) is 4.67. The van der Waals surface area contributed by atoms with Crippen molar-refractivity contribution in [2.45, 2.75) is 31.7 Å². The largest absolute Gasteiger partial charge is 0.495 e. The molecule has 35 heavy (non-hydrogen) atoms. The topological polar surface area (TPSA) is 54.0 Å². The SMILES string of the molecule is COc1cc2c(cc1N1CCOCC1)CC(Cc1c(F)ccc(NC3CCN(C)CC3)c1F)C2=O. The Morgan fingerprint density at radius 2 is 1.86 bits per heavy atom. The number of Topliss-reactive ketones (excluding diaryl/α,β-unsaturated/α-hetero) is 1. The summed E-state index contributed by atoms with van der Waals surface area (Å²) in [5.74, 6) is -1.14. The van der Waals surface area contributed by atoms with Gasteiger partial charge in [-0.1, -0.05) is 0 Å². The van der Waals surface area contributed by atoms with Crippen molar-refractivity contribution in [3.05, 3.63) is 52.6 Å². The average Bonchev–Trinajstić information content (AvgIpc) is 3.18. The Morgan fingerprint density at radius 1 is 1.11 bits per heavy atom. The van der Waals surface area contributed by atoms with Crippen LogP contribution in [0.4, 0.5) is 20.2 Å². The molecule has 0 aromatic heterocycles. The van der Waals surface area contributed by atoms with Gasteiger partial charge >= 0.3 is 0 Å². The summed E-state index contributed by atoms with van der Waals surface area (Å²) >= 11 is 0. The maximum absolute atomic E-state index is 15.4. The zero-order chi connectivity index (χ0) is 24.5. The number of hydrogen-bond donors (Lipinski definition) is 1. The monoisotopic (exact) mass is 485 g/mol. The molecule has 2 saturated heterocycles. The molecule has 3 aliphatic rings. The highest BCUT2D eigenvalue weighted by molar-refractivity contribution is 6.03. The highest BCUT2D eigenvalue weighted by atomic mass is 19.1. The van der Waals surface area contributed by atoms with Crippen molar-refractivity contribution < 1.29 is 23.0 Å². The standard InChI is InChI=1S/C27H33F2N3O3/c1-31-7-5-19(6-8-31)30-23-4-3-22(28)21(26(23)29)14-18-13-17-15-24(32-9-11-35-12-10-32)25(34-2)16-20(17)27(18)33/h3-4,15-16,18-19,30H,5-14H2,1-2H3. The number of morpholine rings is 1. The molecule has 0 spiro atoms. The molecule has 2 fully saturated rings. The van der Waals surface area contributed by atoms with Gasteiger partial charge in [-0.15, -0.1) is 0 Å². The van der Waals surface area contributed by atoms with Crippen LogP contribution in [0, 0.1) is 17.6 Å². The number of ketones is 1. The molecule has 1 aliphatic carbocycles. The molecular weight excluding hydrogens is 452 g/mol. The summed E-state index contributed by atoms with van der Waals surface area (Å²) in [6.07, 6.45) is 2.31. The van der Waals surface area contributed by atoms with E-state index in [0.29, 0.717) is 36.6 Å². The molecular formula is C27H33F2N3O3. The van der Waals surface area contributed by atoms with Crippen LogP contribution in [0.2, 0.25) is 0 Å². The Balaban J connectivity index is 1.35. The van der Waals surface area contributed by atoms with E-state index in [2.05, 4.69) is 22.2 Å². The number of nitrogens with one attached hydrogen (secondary N) is 1. The van der Waals surface area contributed by atoms with Crippen LogP contribution in [0.3, 0.4) is 0 Å². The van der Waals surface area contributed by atoms with E-state index in [-0.39, 0.29) is 23.8 Å². The summed E-state index contributed by atoms with van der Waals surface area (Å²) in [5.41, 5.74) is 2.73. The van der Waals surface area contributed by atoms with Crippen LogP contribution in [-0.2, 0) is 17.6 Å². The van der Waals surface area contributed by atoms with Gasteiger partial charge in [-0.2, -0.15) is 0 Å². The fraction of sp³-hybridized carbons (Fsp3) is 0.519. The van der Waals surface area contributed by atoms with Crippen LogP contribution >= 0.6 is 0 Å². The van der Waals surface area contributed by atoms with E-state index < -0.39 is 17.6 Å². The summed E-state index contributed by atoms with van der Waals surface area (Å²) in [7, 11) is 3.67. The van der Waals surface area contributed by atoms with E-state index in [0.717, 1.165) is 50.3 Å². The van der Waals surface area contributed by atoms with Gasteiger partial charge in [0.05, 0.1) is 31.7 Å². The van der Waals surface area contributed by atoms with Crippen molar-refractivity contribution in [1.82, 2.24) is 4.90 Å². The molecule has 2 aliphatic heterocycles. The molecule has 2 aromatic rings. The van der Waals surface area contributed by atoms with Gasteiger partial charge in [0, 0.05) is 36.2 Å². The second-order valence-corrected chi connectivity index (χ2v) is 9.86. The number of anilines is 2. The lowest BCUT2D eigenvalue weighted by Gasteiger charge is -2.30. The number of halogens is 2. The molecule has 1 N–H and O–H groups in total. The van der Waals surface area contributed by atoms with Gasteiger partial charge in [0.25, 0.3) is 0 Å². The second-order valence-electron chi connectivity index (χ2n) is 9.86. The molecule has 6 nitrogen and oxygen atoms in total. The molecule has 1 unspecified atom stereocenters. The summed E-state index contributed by atoms with van der Waals surface area (Å²) in [6, 6.07) is 6.72. The number of hydrogen-bond acceptors (Lipinski definition) is 6. The quantitative estimate of drug-likeness (QED) is 0.670. The number of piperidine rings is 1. The lowest BCUT2D eigenvalue weighted by molar-refractivity contribution is 0.0935. The first-order valence-electron chi connectivity index (χ1n) is 12.4. The predicted octanol–water partition coefficient (Wildman–Crippen LogP) is 3.91. The Morgan fingerprint density at radius 3 is 2.57 bits per heavy atom. The lowest BCUT2D eigenvalue weighted by atomic mass is 9.94. The number of carbonyl (C=O) groups is 1. The highest BCUT2D eigenvalue weighted by Crippen LogP contribution is 2.39. The van der Waals surface area contributed by atoms with Gasteiger partial charge in [0.2, 0.25) is 0 Å². The van der Waals surface area contributed by atoms with Crippen LogP contribution < -0.4 is 15.0 Å². The Hall–Kier alpha value is -2.71. The van der Waals surface area contributed by atoms with Crippen molar-refractivity contribution in [3.63, 3.8) is 0 Å². The molecule has 0 saturated carbocycles. The predicted molar refractivity (Wildman–Crippen MR) is 132 cm³/mol. The van der Waals surface area contributed by atoms with Crippen molar-refractivity contribution >= 4 is 17.2 Å². The van der Waals surface area contributed by atoms with E-state index in [4.69, 9.17) is 9.47 Å². The van der Waals surface area contributed by atoms with Gasteiger partial charge in [0.15, 0.2) is 11.6 Å². The molecule has 5 rings (SSSR count). The number of carbonyl (C=O) groups excluding carboxylic acids is 1. The third-order valence-corrected chi connectivity index (χ3v) is 7.57. The van der Waals surface area contributed by atoms with E-state index in [1.165, 1.54) is 12.1 Å². The number of nitrogens with zero attached hydrogens (tertiary/aromatic N) is 2. The summed E-state index contributed by atoms with van der Waals surface area (Å²) in [5, 5.41) is 3.26. The van der Waals surface area contributed by atoms with Crippen LogP contribution in [0.1, 0.15) is 34.3 Å². The lowest BCUT2D eigenvalue weighted by Crippen LogP contribution is -2.37. The first kappa shape index (κ1) is 24.0. The number of methoxy groups -OCH3 is 1. The van der Waals surface area contributed by atoms with Crippen molar-refractivity contribution in [2.75, 3.05) is 63.8 Å². The van der Waals surface area contributed by atoms with Crippen LogP contribution in [0.15, 0.2) is 24.3 Å². The molecule has 0 amide bonds. The van der Waals surface area contributed by atoms with Crippen molar-refractivity contribution in [3.8, 4) is 5.75 Å². The Bertz CT molecular complexity index is 1100. The van der Waals surface area contributed by atoms with Gasteiger partial charge in [-0.3, -0.25) is 4.79 Å². The number of rotatable bonds is 6. The molecule has 188 valence electrons. The number of likely N-dealkylation sites (tertiary alicyclic amines) is 1. The zero-order valence-electron chi connectivity index (χ0n) is 20.4. The molecule has 0 radical (unpaired) electrons. The molecule has 0 bridgehead atoms. The van der Waals surface area contributed by atoms with E-state index in [9.17, 15) is 9.18 Å². The van der Waals surface area contributed by atoms with Crippen molar-refractivity contribution in [1.29, 1.82) is 0 Å². The Kier molecular flexibility index (Phi) is 6.93. The number of fused-ring (bicyclic) bond motifs is 1. The van der Waals surface area contributed by atoms with Gasteiger partial charge < -0.3 is 24.6 Å². The molecule has 8 heteroatoms. The summed E-state index contributed by atoms with van der Waals surface area (Å²) < 4.78 is 41.3. The van der Waals surface area contributed by atoms with Gasteiger partial charge in [-0.05, 0) is 75.6 Å². The minimum Gasteiger partial charge on any atom is -0.495 e. The van der Waals surface area contributed by atoms with Crippen molar-refractivity contribution in [2.24, 2.45) is 5.92 Å². The molecule has 2 heterocycles. The minimum atomic E-state index is -0.605. The normalized spacial score (nSPS) is 21.3. The van der Waals surface area contributed by atoms with Gasteiger partial charge in [-0.25, -0.2) is 8.78 Å². The van der Waals surface area contributed by atoms with Crippen LogP contribution in [0.5, 0.6) is 5.75 Å². The highest BCUT2D eigenvalue weighted by Gasteiger charge is 2.34. The Labute approximate surface area is 205 Å². The van der Waals surface area contributed by atoms with Crippen LogP contribution in [-0.4, -0.2) is 70.3 Å². The van der Waals surface area contributed by atoms with E-state index in [1.54, 1.807) is 13.2 Å². The third kappa shape index (κ3) is 4.86. The average molecular weight is 486 g/mol. The third-order valence-electron chi connectivity index (χ3n) is 7.57. The fourth-order valence-electron chi connectivity index (χ4n) is 5.48. The zero-order valence-corrected chi connectivity index (χ0v) is 20.4. The first-order valence-corrected chi connectivity index (χ1v) is 12.4. The smallest absolute Gasteiger partial charge is 0.167 e. The first-order chi connectivity index (χ1) is 16.9. The van der Waals surface area contributed by atoms with E-state index >= 15 is 4.39 Å². The number of benzene rings is 2. The summed E-state index contributed by atoms with van der Waals surface area (Å²) in [4.78, 5) is 17.7. The molecule has 2 aromatic carbocycles. The van der Waals surface area contributed by atoms with Crippen LogP contribution in [0.25, 0.3) is 0 Å². The maximum atomic E-state index is 15.4. The fourth-order valence-corrected chi connectivity index (χ4v) is 5.48. The second kappa shape index (κ2) is 10.1. The van der Waals surface area contributed by atoms with E-state index in [1.807, 2.05) is 6.07 Å². The maximum Gasteiger partial charge on any atom is 0.167 e. The minimum absolute atomic E-state index is 0.0190.